The number of carbonyl (C=O) groups excluding carboxylic acids is 2. The summed E-state index contributed by atoms with van der Waals surface area (Å²) in [5.41, 5.74) is 0. The van der Waals surface area contributed by atoms with Crippen LogP contribution in [-0.4, -0.2) is 197 Å². The van der Waals surface area contributed by atoms with Gasteiger partial charge in [-0.3, -0.25) is 34.3 Å². The number of amides is 4. The average Bonchev–Trinajstić information content (AvgIpc) is 3.50. The van der Waals surface area contributed by atoms with E-state index < -0.39 is 12.3 Å². The Morgan fingerprint density at radius 2 is 0.612 bits per heavy atom. The van der Waals surface area contributed by atoms with E-state index in [9.17, 15) is 9.59 Å². The van der Waals surface area contributed by atoms with Crippen molar-refractivity contribution in [3.05, 3.63) is 0 Å². The lowest BCUT2D eigenvalue weighted by molar-refractivity contribution is -0.0135. The van der Waals surface area contributed by atoms with Crippen molar-refractivity contribution in [3.63, 3.8) is 0 Å². The number of fused-ring (bicyclic) bond motifs is 1. The predicted molar refractivity (Wildman–Crippen MR) is 172 cm³/mol. The molecule has 22 heteroatoms. The van der Waals surface area contributed by atoms with Crippen LogP contribution in [0.15, 0.2) is 0 Å². The molecule has 3 rings (SSSR count). The van der Waals surface area contributed by atoms with Crippen LogP contribution >= 0.6 is 0 Å². The Hall–Kier alpha value is -3.45. The van der Waals surface area contributed by atoms with Gasteiger partial charge in [-0.15, -0.1) is 0 Å². The molecule has 2 fully saturated rings. The number of hydrogen-bond donors (Lipinski definition) is 0. The van der Waals surface area contributed by atoms with Gasteiger partial charge in [-0.1, -0.05) is 0 Å². The number of urea groups is 2. The Bertz CT molecular complexity index is 943. The van der Waals surface area contributed by atoms with Gasteiger partial charge in [0.15, 0.2) is 12.3 Å². The molecule has 1 aromatic rings. The monoisotopic (exact) mass is 708 g/mol. The van der Waals surface area contributed by atoms with Crippen LogP contribution < -0.4 is 14.7 Å². The van der Waals surface area contributed by atoms with E-state index in [4.69, 9.17) is 47.4 Å². The Morgan fingerprint density at radius 3 is 0.776 bits per heavy atom. The third-order valence-corrected chi connectivity index (χ3v) is 6.76. The summed E-state index contributed by atoms with van der Waals surface area (Å²) in [6, 6.07) is -0.540. The second kappa shape index (κ2) is 22.3. The smallest absolute Gasteiger partial charge is 0.327 e. The maximum absolute atomic E-state index is 12.6. The normalized spacial score (nSPS) is 17.1. The summed E-state index contributed by atoms with van der Waals surface area (Å²) in [7, 11) is 15.4. The minimum Gasteiger partial charge on any atom is -0.364 e. The van der Waals surface area contributed by atoms with Crippen molar-refractivity contribution in [3.8, 4) is 0 Å². The van der Waals surface area contributed by atoms with Gasteiger partial charge in [0, 0.05) is 71.1 Å². The standard InChI is InChI=1S/C15H30N6O6.C12H22N4O6/c1-22-7-19(8-23-2)13-16-14(20(9-24-3)10-25-4)18-15(17-13)21(11-26-5)12-27-6;1-19-5-13-9-10(15(7-21-3)11(13)17)16(8-22-4)12(18)14(9)6-20-2/h7-12H2,1-6H3;9-10H,5-8H2,1-4H3. The first-order chi connectivity index (χ1) is 23.8. The maximum atomic E-state index is 12.6. The van der Waals surface area contributed by atoms with Gasteiger partial charge in [-0.05, 0) is 0 Å². The van der Waals surface area contributed by atoms with E-state index >= 15 is 0 Å². The molecule has 0 spiro atoms. The van der Waals surface area contributed by atoms with E-state index in [0.29, 0.717) is 17.8 Å². The first kappa shape index (κ1) is 41.7. The lowest BCUT2D eigenvalue weighted by atomic mass is 10.3. The van der Waals surface area contributed by atoms with Crippen LogP contribution in [0.5, 0.6) is 0 Å². The highest BCUT2D eigenvalue weighted by Crippen LogP contribution is 2.34. The van der Waals surface area contributed by atoms with Gasteiger partial charge < -0.3 is 47.4 Å². The topological polar surface area (TPSA) is 188 Å². The van der Waals surface area contributed by atoms with Gasteiger partial charge in [0.25, 0.3) is 0 Å². The van der Waals surface area contributed by atoms with Gasteiger partial charge in [0.05, 0.1) is 0 Å². The Kier molecular flexibility index (Phi) is 19.0. The van der Waals surface area contributed by atoms with Crippen LogP contribution in [-0.2, 0) is 47.4 Å². The highest BCUT2D eigenvalue weighted by Gasteiger charge is 2.59. The zero-order valence-corrected chi connectivity index (χ0v) is 30.1. The summed E-state index contributed by atoms with van der Waals surface area (Å²) in [6.45, 7) is 1.67. The number of carbonyl (C=O) groups is 2. The van der Waals surface area contributed by atoms with Crippen LogP contribution in [0.3, 0.4) is 0 Å². The van der Waals surface area contributed by atoms with E-state index in [-0.39, 0.29) is 79.4 Å². The van der Waals surface area contributed by atoms with E-state index in [1.807, 2.05) is 0 Å². The highest BCUT2D eigenvalue weighted by atomic mass is 16.5. The van der Waals surface area contributed by atoms with Crippen LogP contribution in [0.4, 0.5) is 27.4 Å². The predicted octanol–water partition coefficient (Wildman–Crippen LogP) is -0.556. The average molecular weight is 709 g/mol. The van der Waals surface area contributed by atoms with E-state index in [0.717, 1.165) is 0 Å². The van der Waals surface area contributed by atoms with Crippen molar-refractivity contribution in [2.24, 2.45) is 0 Å². The highest BCUT2D eigenvalue weighted by molar-refractivity contribution is 5.85. The number of nitrogens with zero attached hydrogens (tertiary/aromatic N) is 10. The third kappa shape index (κ3) is 10.8. The van der Waals surface area contributed by atoms with Gasteiger partial charge in [-0.2, -0.15) is 15.0 Å². The fourth-order valence-corrected chi connectivity index (χ4v) is 5.01. The largest absolute Gasteiger partial charge is 0.364 e. The van der Waals surface area contributed by atoms with Crippen LogP contribution in [0.2, 0.25) is 0 Å². The molecule has 0 unspecified atom stereocenters. The summed E-state index contributed by atoms with van der Waals surface area (Å²) >= 11 is 0. The molecule has 2 saturated heterocycles. The molecule has 0 N–H and O–H groups in total. The van der Waals surface area contributed by atoms with Gasteiger partial charge in [0.2, 0.25) is 17.8 Å². The van der Waals surface area contributed by atoms with Gasteiger partial charge in [-0.25, -0.2) is 9.59 Å². The molecule has 2 aliphatic rings. The number of hydrogen-bond acceptors (Lipinski definition) is 18. The molecule has 49 heavy (non-hydrogen) atoms. The molecule has 4 amide bonds. The van der Waals surface area contributed by atoms with E-state index in [2.05, 4.69) is 15.0 Å². The number of aromatic nitrogens is 3. The number of rotatable bonds is 23. The van der Waals surface area contributed by atoms with Crippen molar-refractivity contribution >= 4 is 29.9 Å². The first-order valence-corrected chi connectivity index (χ1v) is 14.8. The molecule has 0 atom stereocenters. The Labute approximate surface area is 287 Å². The third-order valence-electron chi connectivity index (χ3n) is 6.76. The molecule has 22 nitrogen and oxygen atoms in total. The molecular formula is C27H52N10O12. The molecule has 0 aromatic carbocycles. The molecular weight excluding hydrogens is 656 g/mol. The van der Waals surface area contributed by atoms with Crippen molar-refractivity contribution in [2.45, 2.75) is 12.3 Å². The summed E-state index contributed by atoms with van der Waals surface area (Å²) < 4.78 is 51.7. The fraction of sp³-hybridized carbons (Fsp3) is 0.815. The molecule has 0 aliphatic carbocycles. The molecule has 0 radical (unpaired) electrons. The first-order valence-electron chi connectivity index (χ1n) is 14.8. The van der Waals surface area contributed by atoms with E-state index in [1.165, 1.54) is 48.0 Å². The van der Waals surface area contributed by atoms with Crippen molar-refractivity contribution in [2.75, 3.05) is 153 Å². The van der Waals surface area contributed by atoms with Crippen molar-refractivity contribution in [1.29, 1.82) is 0 Å². The minimum absolute atomic E-state index is 0.0640. The molecule has 282 valence electrons. The van der Waals surface area contributed by atoms with Gasteiger partial charge in [0.1, 0.15) is 67.3 Å². The van der Waals surface area contributed by atoms with Gasteiger partial charge >= 0.3 is 12.1 Å². The van der Waals surface area contributed by atoms with Crippen molar-refractivity contribution < 1.29 is 57.0 Å². The number of methoxy groups -OCH3 is 10. The van der Waals surface area contributed by atoms with Crippen LogP contribution in [0, 0.1) is 0 Å². The second-order valence-electron chi connectivity index (χ2n) is 10.3. The van der Waals surface area contributed by atoms with Crippen LogP contribution in [0.25, 0.3) is 0 Å². The summed E-state index contributed by atoms with van der Waals surface area (Å²) in [5, 5.41) is 0. The zero-order chi connectivity index (χ0) is 36.3. The van der Waals surface area contributed by atoms with Crippen molar-refractivity contribution in [1.82, 2.24) is 34.6 Å². The quantitative estimate of drug-likeness (QED) is 0.132. The molecule has 3 heterocycles. The summed E-state index contributed by atoms with van der Waals surface area (Å²) in [6.07, 6.45) is -1.05. The summed E-state index contributed by atoms with van der Waals surface area (Å²) in [4.78, 5) is 49.7. The van der Waals surface area contributed by atoms with E-state index in [1.54, 1.807) is 57.4 Å². The molecule has 1 aromatic heterocycles. The lowest BCUT2D eigenvalue weighted by Gasteiger charge is -2.28. The second-order valence-corrected chi connectivity index (χ2v) is 10.3. The number of ether oxygens (including phenoxy) is 10. The summed E-state index contributed by atoms with van der Waals surface area (Å²) in [5.74, 6) is 1.11. The fourth-order valence-electron chi connectivity index (χ4n) is 5.01. The molecule has 2 aliphatic heterocycles. The molecule has 0 saturated carbocycles. The Morgan fingerprint density at radius 1 is 0.408 bits per heavy atom. The van der Waals surface area contributed by atoms with Crippen LogP contribution in [0.1, 0.15) is 0 Å². The lowest BCUT2D eigenvalue weighted by Crippen LogP contribution is -2.48. The minimum atomic E-state index is -0.523. The SMILES string of the molecule is COCN(COC)c1nc(N(COC)COC)nc(N(COC)COC)n1.COCN1C(=O)N(COC)C2C1N(COC)C(=O)N2COC. The molecule has 0 bridgehead atoms. The maximum Gasteiger partial charge on any atom is 0.327 e. The zero-order valence-electron chi connectivity index (χ0n) is 30.1. The number of anilines is 3. The Balaban J connectivity index is 0.000000347.